The lowest BCUT2D eigenvalue weighted by molar-refractivity contribution is -0.150. The molecule has 0 aliphatic heterocycles. The van der Waals surface area contributed by atoms with Crippen molar-refractivity contribution in [3.05, 3.63) is 0 Å². The second kappa shape index (κ2) is 24.2. The molecule has 0 aromatic heterocycles. The zero-order valence-corrected chi connectivity index (χ0v) is 24.5. The summed E-state index contributed by atoms with van der Waals surface area (Å²) >= 11 is 0. The molecule has 1 aliphatic carbocycles. The van der Waals surface area contributed by atoms with Crippen molar-refractivity contribution in [2.45, 2.75) is 170 Å². The number of esters is 1. The molecular weight excluding hydrogens is 416 g/mol. The van der Waals surface area contributed by atoms with Crippen LogP contribution in [0.25, 0.3) is 0 Å². The van der Waals surface area contributed by atoms with Gasteiger partial charge in [-0.2, -0.15) is 0 Å². The van der Waals surface area contributed by atoms with Gasteiger partial charge in [0.2, 0.25) is 0 Å². The maximum Gasteiger partial charge on any atom is 0.308 e. The zero-order chi connectivity index (χ0) is 25.4. The average molecular weight is 481 g/mol. The fourth-order valence-corrected chi connectivity index (χ4v) is 5.42. The van der Waals surface area contributed by atoms with E-state index in [2.05, 4.69) is 27.7 Å². The highest BCUT2D eigenvalue weighted by Gasteiger charge is 2.28. The van der Waals surface area contributed by atoms with Gasteiger partial charge in [-0.1, -0.05) is 151 Å². The summed E-state index contributed by atoms with van der Waals surface area (Å²) in [6.07, 6.45) is 26.1. The molecule has 1 rings (SSSR count). The summed E-state index contributed by atoms with van der Waals surface area (Å²) in [5.41, 5.74) is 0. The minimum Gasteiger partial charge on any atom is -0.465 e. The Bertz CT molecular complexity index is 431. The van der Waals surface area contributed by atoms with E-state index < -0.39 is 0 Å². The molecule has 3 atom stereocenters. The number of ether oxygens (including phenoxy) is 1. The molecule has 0 aromatic carbocycles. The molecule has 0 bridgehead atoms. The van der Waals surface area contributed by atoms with E-state index in [4.69, 9.17) is 4.74 Å². The van der Waals surface area contributed by atoms with E-state index in [-0.39, 0.29) is 11.9 Å². The summed E-state index contributed by atoms with van der Waals surface area (Å²) in [7, 11) is 0. The second-order valence-corrected chi connectivity index (χ2v) is 11.4. The monoisotopic (exact) mass is 480 g/mol. The molecule has 34 heavy (non-hydrogen) atoms. The first kappa shape index (κ1) is 33.5. The Morgan fingerprint density at radius 2 is 1.35 bits per heavy atom. The van der Waals surface area contributed by atoms with Crippen LogP contribution in [0.3, 0.4) is 0 Å². The minimum atomic E-state index is 0.104. The second-order valence-electron chi connectivity index (χ2n) is 11.4. The van der Waals surface area contributed by atoms with E-state index in [9.17, 15) is 4.79 Å². The molecule has 0 saturated heterocycles. The maximum atomic E-state index is 12.5. The van der Waals surface area contributed by atoms with Crippen LogP contribution < -0.4 is 0 Å². The normalized spacial score (nSPS) is 18.9. The van der Waals surface area contributed by atoms with Crippen LogP contribution >= 0.6 is 0 Å². The van der Waals surface area contributed by atoms with Crippen molar-refractivity contribution in [2.75, 3.05) is 6.61 Å². The van der Waals surface area contributed by atoms with Gasteiger partial charge in [-0.05, 0) is 37.0 Å². The summed E-state index contributed by atoms with van der Waals surface area (Å²) < 4.78 is 5.67. The number of rotatable bonds is 20. The van der Waals surface area contributed by atoms with Crippen LogP contribution in [0.2, 0.25) is 0 Å². The third-order valence-corrected chi connectivity index (χ3v) is 7.65. The molecule has 3 unspecified atom stereocenters. The maximum absolute atomic E-state index is 12.5. The molecule has 204 valence electrons. The van der Waals surface area contributed by atoms with Gasteiger partial charge in [0, 0.05) is 0 Å². The molecule has 1 fully saturated rings. The van der Waals surface area contributed by atoms with E-state index in [1.807, 2.05) is 13.8 Å². The van der Waals surface area contributed by atoms with E-state index in [1.54, 1.807) is 0 Å². The summed E-state index contributed by atoms with van der Waals surface area (Å²) in [6, 6.07) is 0. The quantitative estimate of drug-likeness (QED) is 0.128. The summed E-state index contributed by atoms with van der Waals surface area (Å²) in [5.74, 6) is 2.74. The SMILES string of the molecule is CC.CCCCCCCCCCCCOC(=O)C1CCCC(CCCC(C)CCCC(C)C)C1. The molecule has 2 heteroatoms. The van der Waals surface area contributed by atoms with Crippen molar-refractivity contribution in [3.8, 4) is 0 Å². The predicted molar refractivity (Wildman–Crippen MR) is 151 cm³/mol. The number of unbranched alkanes of at least 4 members (excludes halogenated alkanes) is 9. The van der Waals surface area contributed by atoms with Gasteiger partial charge in [0.05, 0.1) is 12.5 Å². The van der Waals surface area contributed by atoms with Gasteiger partial charge in [-0.25, -0.2) is 0 Å². The third kappa shape index (κ3) is 19.7. The van der Waals surface area contributed by atoms with Crippen molar-refractivity contribution in [3.63, 3.8) is 0 Å². The molecule has 0 radical (unpaired) electrons. The summed E-state index contributed by atoms with van der Waals surface area (Å²) in [4.78, 5) is 12.5. The smallest absolute Gasteiger partial charge is 0.308 e. The van der Waals surface area contributed by atoms with E-state index >= 15 is 0 Å². The van der Waals surface area contributed by atoms with Crippen LogP contribution in [-0.4, -0.2) is 12.6 Å². The molecule has 0 heterocycles. The molecule has 1 aliphatic rings. The molecule has 0 amide bonds. The molecule has 2 nitrogen and oxygen atoms in total. The standard InChI is InChI=1S/C30H58O2.C2H6/c1-5-6-7-8-9-10-11-12-13-14-24-32-30(31)29-23-17-22-28(25-29)21-16-20-27(4)19-15-18-26(2)3;1-2/h26-29H,5-25H2,1-4H3;1-2H3. The Morgan fingerprint density at radius 3 is 1.97 bits per heavy atom. The van der Waals surface area contributed by atoms with Crippen LogP contribution in [0.4, 0.5) is 0 Å². The number of hydrogen-bond donors (Lipinski definition) is 0. The number of carbonyl (C=O) groups excluding carboxylic acids is 1. The zero-order valence-electron chi connectivity index (χ0n) is 24.5. The Hall–Kier alpha value is -0.530. The summed E-state index contributed by atoms with van der Waals surface area (Å²) in [6.45, 7) is 14.0. The molecule has 0 aromatic rings. The van der Waals surface area contributed by atoms with Gasteiger partial charge in [-0.15, -0.1) is 0 Å². The number of carbonyl (C=O) groups is 1. The van der Waals surface area contributed by atoms with E-state index in [0.29, 0.717) is 6.61 Å². The van der Waals surface area contributed by atoms with Gasteiger partial charge in [0.1, 0.15) is 0 Å². The average Bonchev–Trinajstić information content (AvgIpc) is 2.83. The first-order chi connectivity index (χ1) is 16.5. The highest BCUT2D eigenvalue weighted by Crippen LogP contribution is 2.33. The fraction of sp³-hybridized carbons (Fsp3) is 0.969. The van der Waals surface area contributed by atoms with Crippen LogP contribution in [0, 0.1) is 23.7 Å². The largest absolute Gasteiger partial charge is 0.465 e. The van der Waals surface area contributed by atoms with Gasteiger partial charge >= 0.3 is 5.97 Å². The van der Waals surface area contributed by atoms with E-state index in [0.717, 1.165) is 37.0 Å². The lowest BCUT2D eigenvalue weighted by atomic mass is 9.78. The fourth-order valence-electron chi connectivity index (χ4n) is 5.42. The van der Waals surface area contributed by atoms with Crippen molar-refractivity contribution in [1.82, 2.24) is 0 Å². The minimum absolute atomic E-state index is 0.104. The Kier molecular flexibility index (Phi) is 23.8. The number of hydrogen-bond acceptors (Lipinski definition) is 2. The molecule has 0 spiro atoms. The van der Waals surface area contributed by atoms with Gasteiger partial charge < -0.3 is 4.74 Å². The summed E-state index contributed by atoms with van der Waals surface area (Å²) in [5, 5.41) is 0. The lowest BCUT2D eigenvalue weighted by Crippen LogP contribution is -2.25. The Balaban J connectivity index is 0.00000529. The highest BCUT2D eigenvalue weighted by atomic mass is 16.5. The lowest BCUT2D eigenvalue weighted by Gasteiger charge is -2.28. The van der Waals surface area contributed by atoms with Crippen molar-refractivity contribution in [2.24, 2.45) is 23.7 Å². The van der Waals surface area contributed by atoms with E-state index in [1.165, 1.54) is 109 Å². The molecule has 1 saturated carbocycles. The van der Waals surface area contributed by atoms with Crippen molar-refractivity contribution in [1.29, 1.82) is 0 Å². The van der Waals surface area contributed by atoms with Gasteiger partial charge in [-0.3, -0.25) is 4.79 Å². The van der Waals surface area contributed by atoms with Gasteiger partial charge in [0.25, 0.3) is 0 Å². The van der Waals surface area contributed by atoms with Crippen LogP contribution in [0.1, 0.15) is 170 Å². The van der Waals surface area contributed by atoms with Crippen LogP contribution in [-0.2, 0) is 9.53 Å². The highest BCUT2D eigenvalue weighted by molar-refractivity contribution is 5.72. The predicted octanol–water partition coefficient (Wildman–Crippen LogP) is 10.9. The van der Waals surface area contributed by atoms with Crippen molar-refractivity contribution < 1.29 is 9.53 Å². The van der Waals surface area contributed by atoms with Crippen molar-refractivity contribution >= 4 is 5.97 Å². The van der Waals surface area contributed by atoms with Crippen LogP contribution in [0.15, 0.2) is 0 Å². The third-order valence-electron chi connectivity index (χ3n) is 7.65. The Morgan fingerprint density at radius 1 is 0.765 bits per heavy atom. The molecular formula is C32H64O2. The van der Waals surface area contributed by atoms with Crippen LogP contribution in [0.5, 0.6) is 0 Å². The Labute approximate surface area is 215 Å². The topological polar surface area (TPSA) is 26.3 Å². The molecule has 0 N–H and O–H groups in total. The first-order valence-electron chi connectivity index (χ1n) is 15.7. The first-order valence-corrected chi connectivity index (χ1v) is 15.7. The van der Waals surface area contributed by atoms with Gasteiger partial charge in [0.15, 0.2) is 0 Å².